The average Bonchev–Trinajstić information content (AvgIpc) is 2.99. The monoisotopic (exact) mass is 287 g/mol. The van der Waals surface area contributed by atoms with Crippen LogP contribution in [0.4, 0.5) is 0 Å². The second kappa shape index (κ2) is 4.41. The molecule has 1 aromatic rings. The van der Waals surface area contributed by atoms with Gasteiger partial charge in [-0.05, 0) is 37.8 Å². The number of aryl methyl sites for hydroxylation is 2. The summed E-state index contributed by atoms with van der Waals surface area (Å²) in [6.07, 6.45) is 2.12. The summed E-state index contributed by atoms with van der Waals surface area (Å²) in [5, 5.41) is 9.63. The number of amides is 2. The van der Waals surface area contributed by atoms with Gasteiger partial charge in [0.25, 0.3) is 11.8 Å². The molecule has 1 fully saturated rings. The number of hydrogen-bond donors (Lipinski definition) is 1. The highest BCUT2D eigenvalue weighted by Crippen LogP contribution is 2.41. The standard InChI is InChI=1S/C16H17NO4/c1-9-5-6-10(2)12-11(9)13(18)17(14(12)19)16(15(20)21)7-3-4-8-16/h5-6H,3-4,7-8H2,1-2H3,(H,20,21). The molecule has 110 valence electrons. The van der Waals surface area contributed by atoms with Gasteiger partial charge in [0.1, 0.15) is 5.54 Å². The molecular formula is C16H17NO4. The molecule has 0 spiro atoms. The molecular weight excluding hydrogens is 270 g/mol. The number of carboxylic acid groups (broad SMARTS) is 1. The van der Waals surface area contributed by atoms with Crippen molar-refractivity contribution in [2.75, 3.05) is 0 Å². The lowest BCUT2D eigenvalue weighted by atomic mass is 9.95. The van der Waals surface area contributed by atoms with Crippen molar-refractivity contribution in [3.8, 4) is 0 Å². The van der Waals surface area contributed by atoms with E-state index >= 15 is 0 Å². The first kappa shape index (κ1) is 13.8. The lowest BCUT2D eigenvalue weighted by Gasteiger charge is -2.32. The van der Waals surface area contributed by atoms with Gasteiger partial charge in [0.05, 0.1) is 11.1 Å². The van der Waals surface area contributed by atoms with Crippen molar-refractivity contribution in [2.45, 2.75) is 45.1 Å². The molecule has 1 aliphatic heterocycles. The summed E-state index contributed by atoms with van der Waals surface area (Å²) < 4.78 is 0. The number of fused-ring (bicyclic) bond motifs is 1. The molecule has 3 rings (SSSR count). The zero-order chi connectivity index (χ0) is 15.4. The Labute approximate surface area is 122 Å². The molecule has 1 aromatic carbocycles. The van der Waals surface area contributed by atoms with Gasteiger partial charge < -0.3 is 5.11 Å². The number of imide groups is 1. The van der Waals surface area contributed by atoms with Crippen molar-refractivity contribution in [3.63, 3.8) is 0 Å². The van der Waals surface area contributed by atoms with Crippen LogP contribution in [0.2, 0.25) is 0 Å². The largest absolute Gasteiger partial charge is 0.479 e. The van der Waals surface area contributed by atoms with Crippen molar-refractivity contribution in [1.82, 2.24) is 4.90 Å². The summed E-state index contributed by atoms with van der Waals surface area (Å²) in [6, 6.07) is 3.59. The van der Waals surface area contributed by atoms with Crippen molar-refractivity contribution >= 4 is 17.8 Å². The van der Waals surface area contributed by atoms with Crippen LogP contribution in [0.1, 0.15) is 57.5 Å². The van der Waals surface area contributed by atoms with E-state index in [9.17, 15) is 19.5 Å². The number of carbonyl (C=O) groups is 3. The minimum atomic E-state index is -1.37. The van der Waals surface area contributed by atoms with Crippen LogP contribution in [0.5, 0.6) is 0 Å². The van der Waals surface area contributed by atoms with Crippen LogP contribution in [0.3, 0.4) is 0 Å². The molecule has 0 atom stereocenters. The first-order valence-electron chi connectivity index (χ1n) is 7.12. The maximum Gasteiger partial charge on any atom is 0.330 e. The van der Waals surface area contributed by atoms with Crippen LogP contribution >= 0.6 is 0 Å². The highest BCUT2D eigenvalue weighted by atomic mass is 16.4. The first-order chi connectivity index (χ1) is 9.90. The number of benzene rings is 1. The zero-order valence-corrected chi connectivity index (χ0v) is 12.1. The Kier molecular flexibility index (Phi) is 2.90. The second-order valence-electron chi connectivity index (χ2n) is 5.94. The van der Waals surface area contributed by atoms with Gasteiger partial charge in [0.15, 0.2) is 0 Å². The van der Waals surface area contributed by atoms with Crippen molar-refractivity contribution in [2.24, 2.45) is 0 Å². The Morgan fingerprint density at radius 1 is 1.05 bits per heavy atom. The van der Waals surface area contributed by atoms with E-state index in [1.807, 2.05) is 0 Å². The maximum absolute atomic E-state index is 12.7. The van der Waals surface area contributed by atoms with Crippen LogP contribution in [0.25, 0.3) is 0 Å². The van der Waals surface area contributed by atoms with E-state index in [1.54, 1.807) is 26.0 Å². The van der Waals surface area contributed by atoms with Crippen molar-refractivity contribution < 1.29 is 19.5 Å². The molecule has 21 heavy (non-hydrogen) atoms. The van der Waals surface area contributed by atoms with Crippen LogP contribution in [-0.2, 0) is 4.79 Å². The van der Waals surface area contributed by atoms with Gasteiger partial charge in [-0.1, -0.05) is 25.0 Å². The number of hydrogen-bond acceptors (Lipinski definition) is 3. The Morgan fingerprint density at radius 3 is 1.86 bits per heavy atom. The summed E-state index contributed by atoms with van der Waals surface area (Å²) >= 11 is 0. The molecule has 1 aliphatic carbocycles. The predicted octanol–water partition coefficient (Wildman–Crippen LogP) is 2.30. The van der Waals surface area contributed by atoms with E-state index in [-0.39, 0.29) is 0 Å². The fourth-order valence-corrected chi connectivity index (χ4v) is 3.56. The number of carbonyl (C=O) groups excluding carboxylic acids is 2. The molecule has 0 unspecified atom stereocenters. The SMILES string of the molecule is Cc1ccc(C)c2c1C(=O)N(C1(C(=O)O)CCCC1)C2=O. The molecule has 0 bridgehead atoms. The Bertz CT molecular complexity index is 630. The molecule has 1 N–H and O–H groups in total. The highest BCUT2D eigenvalue weighted by molar-refractivity contribution is 6.24. The summed E-state index contributed by atoms with van der Waals surface area (Å²) in [5.41, 5.74) is 0.802. The molecule has 2 aliphatic rings. The second-order valence-corrected chi connectivity index (χ2v) is 5.94. The Hall–Kier alpha value is -2.17. The number of carboxylic acids is 1. The minimum Gasteiger partial charge on any atom is -0.479 e. The van der Waals surface area contributed by atoms with Crippen molar-refractivity contribution in [1.29, 1.82) is 0 Å². The van der Waals surface area contributed by atoms with Gasteiger partial charge in [0.2, 0.25) is 0 Å². The Balaban J connectivity index is 2.18. The fourth-order valence-electron chi connectivity index (χ4n) is 3.56. The maximum atomic E-state index is 12.7. The van der Waals surface area contributed by atoms with Gasteiger partial charge in [0, 0.05) is 0 Å². The molecule has 2 amide bonds. The van der Waals surface area contributed by atoms with E-state index < -0.39 is 23.3 Å². The van der Waals surface area contributed by atoms with E-state index in [2.05, 4.69) is 0 Å². The normalized spacial score (nSPS) is 20.0. The molecule has 0 radical (unpaired) electrons. The van der Waals surface area contributed by atoms with Gasteiger partial charge in [-0.3, -0.25) is 14.5 Å². The summed E-state index contributed by atoms with van der Waals surface area (Å²) in [5.74, 6) is -1.99. The average molecular weight is 287 g/mol. The molecule has 0 aromatic heterocycles. The molecule has 1 saturated carbocycles. The van der Waals surface area contributed by atoms with Gasteiger partial charge >= 0.3 is 5.97 Å². The van der Waals surface area contributed by atoms with Crippen LogP contribution in [0.15, 0.2) is 12.1 Å². The van der Waals surface area contributed by atoms with E-state index in [1.165, 1.54) is 0 Å². The predicted molar refractivity (Wildman–Crippen MR) is 75.3 cm³/mol. The third kappa shape index (κ3) is 1.66. The Morgan fingerprint density at radius 2 is 1.48 bits per heavy atom. The highest BCUT2D eigenvalue weighted by Gasteiger charge is 2.55. The molecule has 0 saturated heterocycles. The summed E-state index contributed by atoms with van der Waals surface area (Å²) in [6.45, 7) is 3.55. The lowest BCUT2D eigenvalue weighted by Crippen LogP contribution is -2.55. The molecule has 5 heteroatoms. The lowest BCUT2D eigenvalue weighted by molar-refractivity contribution is -0.148. The van der Waals surface area contributed by atoms with Gasteiger partial charge in [-0.2, -0.15) is 0 Å². The third-order valence-corrected chi connectivity index (χ3v) is 4.71. The van der Waals surface area contributed by atoms with Gasteiger partial charge in [-0.15, -0.1) is 0 Å². The van der Waals surface area contributed by atoms with Gasteiger partial charge in [-0.25, -0.2) is 4.79 Å². The minimum absolute atomic E-state index is 0.339. The van der Waals surface area contributed by atoms with Crippen LogP contribution in [0, 0.1) is 13.8 Å². The quantitative estimate of drug-likeness (QED) is 0.847. The van der Waals surface area contributed by atoms with E-state index in [0.717, 1.165) is 28.9 Å². The zero-order valence-electron chi connectivity index (χ0n) is 12.1. The number of aliphatic carboxylic acids is 1. The molecule has 5 nitrogen and oxygen atoms in total. The fraction of sp³-hybridized carbons (Fsp3) is 0.438. The van der Waals surface area contributed by atoms with Crippen LogP contribution < -0.4 is 0 Å². The smallest absolute Gasteiger partial charge is 0.330 e. The topological polar surface area (TPSA) is 74.7 Å². The number of nitrogens with zero attached hydrogens (tertiary/aromatic N) is 1. The molecule has 1 heterocycles. The van der Waals surface area contributed by atoms with Crippen molar-refractivity contribution in [3.05, 3.63) is 34.4 Å². The summed E-state index contributed by atoms with van der Waals surface area (Å²) in [4.78, 5) is 38.2. The number of rotatable bonds is 2. The van der Waals surface area contributed by atoms with Crippen LogP contribution in [-0.4, -0.2) is 33.3 Å². The summed E-state index contributed by atoms with van der Waals surface area (Å²) in [7, 11) is 0. The van der Waals surface area contributed by atoms with E-state index in [4.69, 9.17) is 0 Å². The first-order valence-corrected chi connectivity index (χ1v) is 7.12. The van der Waals surface area contributed by atoms with E-state index in [0.29, 0.717) is 24.0 Å². The third-order valence-electron chi connectivity index (χ3n) is 4.71.